The third-order valence-corrected chi connectivity index (χ3v) is 6.58. The molecular formula is C26H50O4. The molecule has 1 aliphatic carbocycles. The average molecular weight is 427 g/mol. The number of esters is 1. The Morgan fingerprint density at radius 2 is 1.33 bits per heavy atom. The number of carbonyl (C=O) groups excluding carboxylic acids is 1. The molecular weight excluding hydrogens is 376 g/mol. The van der Waals surface area contributed by atoms with E-state index in [-0.39, 0.29) is 18.2 Å². The van der Waals surface area contributed by atoms with Crippen molar-refractivity contribution in [3.05, 3.63) is 0 Å². The highest BCUT2D eigenvalue weighted by Gasteiger charge is 2.26. The molecule has 0 aromatic carbocycles. The topological polar surface area (TPSA) is 44.8 Å². The van der Waals surface area contributed by atoms with Crippen LogP contribution in [0, 0.1) is 0 Å². The second-order valence-corrected chi connectivity index (χ2v) is 9.15. The van der Waals surface area contributed by atoms with E-state index >= 15 is 0 Å². The Morgan fingerprint density at radius 1 is 0.767 bits per heavy atom. The molecule has 0 aliphatic heterocycles. The Morgan fingerprint density at radius 3 is 1.93 bits per heavy atom. The van der Waals surface area contributed by atoms with Crippen molar-refractivity contribution in [2.75, 3.05) is 14.2 Å². The summed E-state index contributed by atoms with van der Waals surface area (Å²) >= 11 is 0. The summed E-state index contributed by atoms with van der Waals surface area (Å²) in [6, 6.07) is 0. The van der Waals surface area contributed by atoms with Gasteiger partial charge in [0.1, 0.15) is 0 Å². The summed E-state index contributed by atoms with van der Waals surface area (Å²) in [4.78, 5) is 11.2. The molecule has 4 heteroatoms. The van der Waals surface area contributed by atoms with Crippen LogP contribution in [0.2, 0.25) is 0 Å². The van der Waals surface area contributed by atoms with Crippen molar-refractivity contribution in [1.82, 2.24) is 0 Å². The summed E-state index contributed by atoms with van der Waals surface area (Å²) in [5.41, 5.74) is 0. The number of hydrogen-bond acceptors (Lipinski definition) is 4. The van der Waals surface area contributed by atoms with Gasteiger partial charge < -0.3 is 14.2 Å². The van der Waals surface area contributed by atoms with Gasteiger partial charge in [-0.15, -0.1) is 0 Å². The molecule has 0 heterocycles. The van der Waals surface area contributed by atoms with Gasteiger partial charge in [0, 0.05) is 13.5 Å². The summed E-state index contributed by atoms with van der Waals surface area (Å²) in [5, 5.41) is 0. The van der Waals surface area contributed by atoms with Crippen LogP contribution >= 0.6 is 0 Å². The van der Waals surface area contributed by atoms with Gasteiger partial charge in [0.25, 0.3) is 0 Å². The van der Waals surface area contributed by atoms with Gasteiger partial charge in [0.15, 0.2) is 0 Å². The Balaban J connectivity index is 2.34. The van der Waals surface area contributed by atoms with Crippen LogP contribution < -0.4 is 0 Å². The van der Waals surface area contributed by atoms with Crippen molar-refractivity contribution in [3.8, 4) is 0 Å². The predicted molar refractivity (Wildman–Crippen MR) is 125 cm³/mol. The van der Waals surface area contributed by atoms with Crippen LogP contribution in [0.3, 0.4) is 0 Å². The minimum atomic E-state index is -0.0893. The molecule has 0 radical (unpaired) electrons. The highest BCUT2D eigenvalue weighted by atomic mass is 16.5. The quantitative estimate of drug-likeness (QED) is 0.160. The Hall–Kier alpha value is -0.610. The van der Waals surface area contributed by atoms with Gasteiger partial charge in [0.05, 0.1) is 25.4 Å². The number of rotatable bonds is 19. The smallest absolute Gasteiger partial charge is 0.305 e. The molecule has 0 amide bonds. The lowest BCUT2D eigenvalue weighted by Crippen LogP contribution is -2.35. The van der Waals surface area contributed by atoms with Crippen molar-refractivity contribution in [1.29, 1.82) is 0 Å². The average Bonchev–Trinajstić information content (AvgIpc) is 2.78. The second kappa shape index (κ2) is 19.1. The summed E-state index contributed by atoms with van der Waals surface area (Å²) in [5.74, 6) is -0.0893. The Labute approximate surface area is 186 Å². The fourth-order valence-corrected chi connectivity index (χ4v) is 4.62. The lowest BCUT2D eigenvalue weighted by molar-refractivity contribution is -0.140. The molecule has 0 spiro atoms. The van der Waals surface area contributed by atoms with E-state index in [2.05, 4.69) is 6.92 Å². The maximum Gasteiger partial charge on any atom is 0.305 e. The monoisotopic (exact) mass is 426 g/mol. The summed E-state index contributed by atoms with van der Waals surface area (Å²) in [7, 11) is 3.33. The van der Waals surface area contributed by atoms with Gasteiger partial charge in [-0.05, 0) is 32.1 Å². The molecule has 4 nitrogen and oxygen atoms in total. The van der Waals surface area contributed by atoms with E-state index in [1.807, 2.05) is 7.11 Å². The molecule has 1 aliphatic rings. The minimum absolute atomic E-state index is 0.0893. The third kappa shape index (κ3) is 13.6. The third-order valence-electron chi connectivity index (χ3n) is 6.58. The van der Waals surface area contributed by atoms with Crippen LogP contribution in [0.1, 0.15) is 129 Å². The molecule has 2 unspecified atom stereocenters. The van der Waals surface area contributed by atoms with Crippen molar-refractivity contribution >= 4 is 5.97 Å². The maximum absolute atomic E-state index is 11.2. The van der Waals surface area contributed by atoms with E-state index in [1.165, 1.54) is 97.0 Å². The van der Waals surface area contributed by atoms with Gasteiger partial charge in [-0.3, -0.25) is 4.79 Å². The molecule has 178 valence electrons. The number of hydrogen-bond donors (Lipinski definition) is 0. The first-order valence-corrected chi connectivity index (χ1v) is 13.0. The normalized spacial score (nSPS) is 17.0. The highest BCUT2D eigenvalue weighted by molar-refractivity contribution is 5.68. The Bertz CT molecular complexity index is 392. The van der Waals surface area contributed by atoms with Crippen LogP contribution in [-0.2, 0) is 19.0 Å². The molecule has 1 saturated carbocycles. The molecule has 0 N–H and O–H groups in total. The number of unbranched alkanes of at least 4 members (excludes halogenated alkanes) is 9. The second-order valence-electron chi connectivity index (χ2n) is 9.15. The lowest BCUT2D eigenvalue weighted by atomic mass is 9.95. The maximum atomic E-state index is 11.2. The molecule has 1 fully saturated rings. The van der Waals surface area contributed by atoms with Crippen molar-refractivity contribution in [3.63, 3.8) is 0 Å². The first-order valence-electron chi connectivity index (χ1n) is 13.0. The van der Waals surface area contributed by atoms with Crippen LogP contribution in [0.4, 0.5) is 0 Å². The van der Waals surface area contributed by atoms with Gasteiger partial charge >= 0.3 is 5.97 Å². The zero-order valence-electron chi connectivity index (χ0n) is 20.3. The molecule has 1 rings (SSSR count). The largest absolute Gasteiger partial charge is 0.469 e. The van der Waals surface area contributed by atoms with Crippen molar-refractivity contribution in [2.45, 2.75) is 147 Å². The van der Waals surface area contributed by atoms with Gasteiger partial charge in [-0.1, -0.05) is 90.4 Å². The van der Waals surface area contributed by atoms with Crippen molar-refractivity contribution < 1.29 is 19.0 Å². The predicted octanol–water partition coefficient (Wildman–Crippen LogP) is 7.37. The summed E-state index contributed by atoms with van der Waals surface area (Å²) in [6.07, 6.45) is 23.7. The minimum Gasteiger partial charge on any atom is -0.469 e. The standard InChI is InChI=1S/C26H50O4/c1-4-5-6-7-9-15-20-24(28-2)25(30-23-18-13-12-14-19-23)21-16-10-8-11-17-22-26(27)29-3/h23-25H,4-22H2,1-3H3. The highest BCUT2D eigenvalue weighted by Crippen LogP contribution is 2.26. The summed E-state index contributed by atoms with van der Waals surface area (Å²) in [6.45, 7) is 2.27. The molecule has 30 heavy (non-hydrogen) atoms. The van der Waals surface area contributed by atoms with E-state index in [0.717, 1.165) is 25.7 Å². The molecule has 0 saturated heterocycles. The first-order chi connectivity index (χ1) is 14.7. The summed E-state index contributed by atoms with van der Waals surface area (Å²) < 4.78 is 17.3. The van der Waals surface area contributed by atoms with E-state index in [4.69, 9.17) is 14.2 Å². The fraction of sp³-hybridized carbons (Fsp3) is 0.962. The van der Waals surface area contributed by atoms with E-state index in [9.17, 15) is 4.79 Å². The van der Waals surface area contributed by atoms with Gasteiger partial charge in [-0.25, -0.2) is 0 Å². The van der Waals surface area contributed by atoms with Crippen molar-refractivity contribution in [2.24, 2.45) is 0 Å². The molecule has 0 aromatic heterocycles. The zero-order valence-corrected chi connectivity index (χ0v) is 20.3. The van der Waals surface area contributed by atoms with Gasteiger partial charge in [-0.2, -0.15) is 0 Å². The van der Waals surface area contributed by atoms with Gasteiger partial charge in [0.2, 0.25) is 0 Å². The fourth-order valence-electron chi connectivity index (χ4n) is 4.62. The van der Waals surface area contributed by atoms with Crippen LogP contribution in [0.15, 0.2) is 0 Å². The molecule has 2 atom stereocenters. The van der Waals surface area contributed by atoms with Crippen LogP contribution in [0.5, 0.6) is 0 Å². The zero-order chi connectivity index (χ0) is 21.9. The number of ether oxygens (including phenoxy) is 3. The van der Waals surface area contributed by atoms with E-state index < -0.39 is 0 Å². The van der Waals surface area contributed by atoms with Crippen LogP contribution in [0.25, 0.3) is 0 Å². The first kappa shape index (κ1) is 27.4. The SMILES string of the molecule is CCCCCCCCC(OC)C(CCCCCCCC(=O)OC)OC1CCCCC1. The molecule has 0 bridgehead atoms. The molecule has 0 aromatic rings. The van der Waals surface area contributed by atoms with Crippen LogP contribution in [-0.4, -0.2) is 38.5 Å². The van der Waals surface area contributed by atoms with E-state index in [1.54, 1.807) is 0 Å². The Kier molecular flexibility index (Phi) is 17.5. The number of methoxy groups -OCH3 is 2. The lowest BCUT2D eigenvalue weighted by Gasteiger charge is -2.32. The number of carbonyl (C=O) groups is 1. The van der Waals surface area contributed by atoms with E-state index in [0.29, 0.717) is 12.5 Å².